The van der Waals surface area contributed by atoms with Gasteiger partial charge >= 0.3 is 0 Å². The lowest BCUT2D eigenvalue weighted by Gasteiger charge is -2.49. The van der Waals surface area contributed by atoms with Gasteiger partial charge in [0.05, 0.1) is 0 Å². The lowest BCUT2D eigenvalue weighted by molar-refractivity contribution is 0.348. The van der Waals surface area contributed by atoms with Gasteiger partial charge in [-0.2, -0.15) is 0 Å². The van der Waals surface area contributed by atoms with Gasteiger partial charge in [0, 0.05) is 14.6 Å². The molecular weight excluding hydrogens is 585 g/mol. The molecule has 4 saturated carbocycles. The second-order valence-corrected chi connectivity index (χ2v) is 22.8. The molecule has 2 aromatic heterocycles. The van der Waals surface area contributed by atoms with Gasteiger partial charge in [0.1, 0.15) is 8.07 Å². The molecule has 4 aliphatic carbocycles. The minimum absolute atomic E-state index is 0.783. The first-order chi connectivity index (χ1) is 21.4. The highest BCUT2D eigenvalue weighted by Gasteiger charge is 2.58. The van der Waals surface area contributed by atoms with E-state index in [2.05, 4.69) is 74.8 Å². The SMILES string of the molecule is CC1=C(c2cc(C3CCC(C)CC3)c(C)s2)[Si](C2CCCCC2)(C2CCCCC2)C(c2sccc2C2CCC(C)CC2)=C1C. The van der Waals surface area contributed by atoms with Crippen molar-refractivity contribution in [1.82, 2.24) is 0 Å². The average molecular weight is 645 g/mol. The fraction of sp³-hybridized carbons (Fsp3) is 0.707. The molecule has 0 aromatic carbocycles. The van der Waals surface area contributed by atoms with Crippen LogP contribution in [-0.4, -0.2) is 8.07 Å². The standard InChI is InChI=1S/C41H60S2Si/c1-27-16-20-32(21-17-27)36-24-25-42-39(36)41-30(4)29(3)40(38-26-37(31(5)43-38)33-22-18-28(2)19-23-33)44(41,34-12-8-6-9-13-34)35-14-10-7-11-15-35/h24-28,32-35H,6-23H2,1-5H3. The molecule has 0 bridgehead atoms. The minimum atomic E-state index is -2.06. The summed E-state index contributed by atoms with van der Waals surface area (Å²) in [6, 6.07) is 5.41. The molecule has 0 nitrogen and oxygen atoms in total. The Hall–Kier alpha value is -0.903. The summed E-state index contributed by atoms with van der Waals surface area (Å²) in [6.07, 6.45) is 26.1. The molecule has 5 aliphatic rings. The Labute approximate surface area is 279 Å². The molecule has 0 saturated heterocycles. The van der Waals surface area contributed by atoms with Crippen molar-refractivity contribution in [2.45, 2.75) is 173 Å². The Balaban J connectivity index is 1.39. The minimum Gasteiger partial charge on any atom is -0.144 e. The highest BCUT2D eigenvalue weighted by atomic mass is 32.1. The zero-order valence-electron chi connectivity index (χ0n) is 28.7. The molecule has 0 amide bonds. The predicted octanol–water partition coefficient (Wildman–Crippen LogP) is 14.2. The number of allylic oxidation sites excluding steroid dienone is 2. The van der Waals surface area contributed by atoms with Crippen LogP contribution in [0.25, 0.3) is 10.4 Å². The van der Waals surface area contributed by atoms with E-state index in [0.717, 1.165) is 34.8 Å². The lowest BCUT2D eigenvalue weighted by atomic mass is 9.79. The van der Waals surface area contributed by atoms with E-state index in [1.807, 2.05) is 10.4 Å². The van der Waals surface area contributed by atoms with Gasteiger partial charge in [0.15, 0.2) is 0 Å². The van der Waals surface area contributed by atoms with Crippen LogP contribution in [0.4, 0.5) is 0 Å². The molecule has 1 aliphatic heterocycles. The van der Waals surface area contributed by atoms with Crippen LogP contribution < -0.4 is 0 Å². The van der Waals surface area contributed by atoms with Crippen LogP contribution in [0.15, 0.2) is 28.7 Å². The van der Waals surface area contributed by atoms with Gasteiger partial charge in [-0.3, -0.25) is 0 Å². The van der Waals surface area contributed by atoms with Crippen molar-refractivity contribution in [2.24, 2.45) is 11.8 Å². The van der Waals surface area contributed by atoms with Crippen molar-refractivity contribution in [3.8, 4) is 0 Å². The smallest absolute Gasteiger partial charge is 0.128 e. The van der Waals surface area contributed by atoms with E-state index in [9.17, 15) is 0 Å². The molecule has 240 valence electrons. The second kappa shape index (κ2) is 13.3. The first-order valence-corrected chi connectivity index (χ1v) is 22.9. The summed E-state index contributed by atoms with van der Waals surface area (Å²) in [5.74, 6) is 3.41. The van der Waals surface area contributed by atoms with Crippen molar-refractivity contribution in [1.29, 1.82) is 0 Å². The summed E-state index contributed by atoms with van der Waals surface area (Å²) in [4.78, 5) is 5.17. The molecule has 3 heterocycles. The Morgan fingerprint density at radius 2 is 1.09 bits per heavy atom. The Bertz CT molecular complexity index is 1340. The zero-order chi connectivity index (χ0) is 30.4. The summed E-state index contributed by atoms with van der Waals surface area (Å²) < 4.78 is 0. The quantitative estimate of drug-likeness (QED) is 0.275. The maximum Gasteiger partial charge on any atom is 0.128 e. The Morgan fingerprint density at radius 1 is 0.591 bits per heavy atom. The monoisotopic (exact) mass is 644 g/mol. The van der Waals surface area contributed by atoms with Crippen molar-refractivity contribution in [2.75, 3.05) is 0 Å². The van der Waals surface area contributed by atoms with Crippen LogP contribution in [0.3, 0.4) is 0 Å². The summed E-state index contributed by atoms with van der Waals surface area (Å²) in [7, 11) is -2.06. The molecule has 0 spiro atoms. The van der Waals surface area contributed by atoms with Gasteiger partial charge in [-0.25, -0.2) is 0 Å². The van der Waals surface area contributed by atoms with E-state index >= 15 is 0 Å². The molecule has 4 fully saturated rings. The third-order valence-corrected chi connectivity index (χ3v) is 22.7. The van der Waals surface area contributed by atoms with E-state index in [4.69, 9.17) is 0 Å². The van der Waals surface area contributed by atoms with Gasteiger partial charge in [-0.15, -0.1) is 22.7 Å². The third-order valence-electron chi connectivity index (χ3n) is 13.7. The topological polar surface area (TPSA) is 0 Å². The predicted molar refractivity (Wildman–Crippen MR) is 199 cm³/mol. The van der Waals surface area contributed by atoms with Gasteiger partial charge in [-0.05, 0) is 131 Å². The molecule has 0 atom stereocenters. The van der Waals surface area contributed by atoms with E-state index in [1.54, 1.807) is 36.9 Å². The first kappa shape index (κ1) is 31.7. The molecule has 0 unspecified atom stereocenters. The van der Waals surface area contributed by atoms with Crippen LogP contribution >= 0.6 is 22.7 Å². The van der Waals surface area contributed by atoms with Gasteiger partial charge < -0.3 is 0 Å². The van der Waals surface area contributed by atoms with Crippen LogP contribution in [0, 0.1) is 18.8 Å². The van der Waals surface area contributed by atoms with Crippen LogP contribution in [0.2, 0.25) is 11.1 Å². The molecule has 7 rings (SSSR count). The average Bonchev–Trinajstić information content (AvgIpc) is 3.74. The summed E-state index contributed by atoms with van der Waals surface area (Å²) >= 11 is 4.39. The normalized spacial score (nSPS) is 30.8. The van der Waals surface area contributed by atoms with E-state index < -0.39 is 8.07 Å². The second-order valence-electron chi connectivity index (χ2n) is 16.3. The van der Waals surface area contributed by atoms with Gasteiger partial charge in [0.2, 0.25) is 0 Å². The van der Waals surface area contributed by atoms with E-state index in [1.165, 1.54) is 116 Å². The molecule has 44 heavy (non-hydrogen) atoms. The van der Waals surface area contributed by atoms with Crippen molar-refractivity contribution < 1.29 is 0 Å². The van der Waals surface area contributed by atoms with E-state index in [0.29, 0.717) is 0 Å². The molecule has 0 N–H and O–H groups in total. The summed E-state index contributed by atoms with van der Waals surface area (Å²) in [6.45, 7) is 12.6. The van der Waals surface area contributed by atoms with Gasteiger partial charge in [-0.1, -0.05) is 104 Å². The molecular formula is C41H60S2Si. The fourth-order valence-corrected chi connectivity index (χ4v) is 22.4. The fourth-order valence-electron chi connectivity index (χ4n) is 11.1. The van der Waals surface area contributed by atoms with Crippen molar-refractivity contribution in [3.63, 3.8) is 0 Å². The largest absolute Gasteiger partial charge is 0.144 e. The first-order valence-electron chi connectivity index (χ1n) is 19.0. The maximum absolute atomic E-state index is 2.81. The lowest BCUT2D eigenvalue weighted by Crippen LogP contribution is -2.48. The Morgan fingerprint density at radius 3 is 1.64 bits per heavy atom. The van der Waals surface area contributed by atoms with Crippen molar-refractivity contribution >= 4 is 41.1 Å². The number of hydrogen-bond acceptors (Lipinski definition) is 2. The number of aryl methyl sites for hydroxylation is 1. The van der Waals surface area contributed by atoms with Crippen LogP contribution in [-0.2, 0) is 0 Å². The molecule has 0 radical (unpaired) electrons. The van der Waals surface area contributed by atoms with Gasteiger partial charge in [0.25, 0.3) is 0 Å². The highest BCUT2D eigenvalue weighted by molar-refractivity contribution is 7.23. The number of rotatable bonds is 6. The number of hydrogen-bond donors (Lipinski definition) is 0. The third kappa shape index (κ3) is 5.55. The van der Waals surface area contributed by atoms with Crippen LogP contribution in [0.1, 0.15) is 181 Å². The summed E-state index contributed by atoms with van der Waals surface area (Å²) in [5, 5.41) is 6.45. The maximum atomic E-state index is 2.81. The summed E-state index contributed by atoms with van der Waals surface area (Å²) in [5.41, 5.74) is 8.83. The Kier molecular flexibility index (Phi) is 9.58. The molecule has 2 aromatic rings. The molecule has 3 heteroatoms. The highest BCUT2D eigenvalue weighted by Crippen LogP contribution is 2.65. The zero-order valence-corrected chi connectivity index (χ0v) is 31.4. The van der Waals surface area contributed by atoms with Crippen molar-refractivity contribution in [3.05, 3.63) is 54.4 Å². The number of thiophene rings is 2. The van der Waals surface area contributed by atoms with Crippen LogP contribution in [0.5, 0.6) is 0 Å². The van der Waals surface area contributed by atoms with E-state index in [-0.39, 0.29) is 0 Å².